The third-order valence-electron chi connectivity index (χ3n) is 1.63. The average molecular weight is 162 g/mol. The van der Waals surface area contributed by atoms with Gasteiger partial charge in [0.1, 0.15) is 0 Å². The van der Waals surface area contributed by atoms with Crippen LogP contribution in [0.2, 0.25) is 0 Å². The van der Waals surface area contributed by atoms with E-state index in [1.54, 1.807) is 0 Å². The Labute approximate surface area is 73.1 Å². The monoisotopic (exact) mass is 162 g/mol. The van der Waals surface area contributed by atoms with Crippen molar-refractivity contribution < 1.29 is 0 Å². The zero-order valence-corrected chi connectivity index (χ0v) is 7.30. The van der Waals surface area contributed by atoms with Crippen LogP contribution in [0.5, 0.6) is 0 Å². The predicted molar refractivity (Wildman–Crippen MR) is 53.9 cm³/mol. The van der Waals surface area contributed by atoms with E-state index in [9.17, 15) is 0 Å². The molecule has 0 heterocycles. The van der Waals surface area contributed by atoms with Crippen molar-refractivity contribution in [3.05, 3.63) is 36.5 Å². The molecule has 0 spiro atoms. The number of allylic oxidation sites excluding steroid dienone is 1. The Kier molecular flexibility index (Phi) is 2.75. The predicted octanol–water partition coefficient (Wildman–Crippen LogP) is 2.60. The second-order valence-electron chi connectivity index (χ2n) is 2.71. The van der Waals surface area contributed by atoms with Crippen LogP contribution in [0.3, 0.4) is 0 Å². The van der Waals surface area contributed by atoms with E-state index in [0.717, 1.165) is 23.5 Å². The van der Waals surface area contributed by atoms with Gasteiger partial charge in [0, 0.05) is 17.1 Å². The molecule has 64 valence electrons. The van der Waals surface area contributed by atoms with E-state index in [4.69, 9.17) is 5.73 Å². The summed E-state index contributed by atoms with van der Waals surface area (Å²) < 4.78 is 0. The van der Waals surface area contributed by atoms with Gasteiger partial charge in [-0.15, -0.1) is 0 Å². The van der Waals surface area contributed by atoms with Crippen molar-refractivity contribution in [2.45, 2.75) is 13.3 Å². The summed E-state index contributed by atoms with van der Waals surface area (Å²) in [6, 6.07) is 7.64. The normalized spacial score (nSPS) is 9.42. The van der Waals surface area contributed by atoms with Crippen molar-refractivity contribution in [2.75, 3.05) is 11.1 Å². The van der Waals surface area contributed by atoms with Crippen LogP contribution in [0.25, 0.3) is 0 Å². The van der Waals surface area contributed by atoms with Gasteiger partial charge in [-0.2, -0.15) is 0 Å². The summed E-state index contributed by atoms with van der Waals surface area (Å²) in [6.07, 6.45) is 0.925. The first-order valence-electron chi connectivity index (χ1n) is 4.02. The molecule has 12 heavy (non-hydrogen) atoms. The summed E-state index contributed by atoms with van der Waals surface area (Å²) in [6.45, 7) is 5.90. The Morgan fingerprint density at radius 3 is 2.92 bits per heavy atom. The lowest BCUT2D eigenvalue weighted by Crippen LogP contribution is -1.96. The van der Waals surface area contributed by atoms with Crippen LogP contribution in [0, 0.1) is 0 Å². The van der Waals surface area contributed by atoms with Crippen LogP contribution in [0.15, 0.2) is 36.5 Å². The van der Waals surface area contributed by atoms with Gasteiger partial charge in [-0.1, -0.05) is 19.6 Å². The number of nitrogens with one attached hydrogen (secondary N) is 1. The summed E-state index contributed by atoms with van der Waals surface area (Å²) in [5, 5.41) is 3.16. The molecule has 2 heteroatoms. The third kappa shape index (κ3) is 2.31. The maximum absolute atomic E-state index is 5.61. The fourth-order valence-electron chi connectivity index (χ4n) is 0.909. The summed E-state index contributed by atoms with van der Waals surface area (Å²) in [7, 11) is 0. The molecule has 0 radical (unpaired) electrons. The van der Waals surface area contributed by atoms with Gasteiger partial charge >= 0.3 is 0 Å². The number of nitrogen functional groups attached to an aromatic ring is 1. The highest BCUT2D eigenvalue weighted by atomic mass is 14.9. The van der Waals surface area contributed by atoms with Gasteiger partial charge in [-0.3, -0.25) is 0 Å². The molecule has 0 atom stereocenters. The fraction of sp³-hybridized carbons (Fsp3) is 0.200. The van der Waals surface area contributed by atoms with Crippen molar-refractivity contribution in [3.8, 4) is 0 Å². The lowest BCUT2D eigenvalue weighted by Gasteiger charge is -2.07. The summed E-state index contributed by atoms with van der Waals surface area (Å²) in [5.41, 5.74) is 8.38. The van der Waals surface area contributed by atoms with Crippen LogP contribution in [-0.4, -0.2) is 0 Å². The minimum Gasteiger partial charge on any atom is -0.399 e. The smallest absolute Gasteiger partial charge is 0.0402 e. The highest BCUT2D eigenvalue weighted by Crippen LogP contribution is 2.14. The maximum atomic E-state index is 5.61. The molecule has 1 aromatic carbocycles. The van der Waals surface area contributed by atoms with E-state index in [-0.39, 0.29) is 0 Å². The minimum atomic E-state index is 0.768. The first-order valence-corrected chi connectivity index (χ1v) is 4.02. The number of hydrogen-bond donors (Lipinski definition) is 2. The van der Waals surface area contributed by atoms with E-state index < -0.39 is 0 Å². The number of nitrogens with two attached hydrogens (primary N) is 1. The van der Waals surface area contributed by atoms with E-state index in [1.807, 2.05) is 24.3 Å². The van der Waals surface area contributed by atoms with Crippen LogP contribution < -0.4 is 11.1 Å². The van der Waals surface area contributed by atoms with E-state index in [2.05, 4.69) is 18.8 Å². The molecule has 1 aromatic rings. The average Bonchev–Trinajstić information content (AvgIpc) is 2.04. The third-order valence-corrected chi connectivity index (χ3v) is 1.63. The second-order valence-corrected chi connectivity index (χ2v) is 2.71. The Morgan fingerprint density at radius 1 is 1.58 bits per heavy atom. The van der Waals surface area contributed by atoms with Crippen molar-refractivity contribution in [1.82, 2.24) is 0 Å². The molecule has 0 aliphatic heterocycles. The molecule has 0 saturated heterocycles. The molecule has 0 unspecified atom stereocenters. The van der Waals surface area contributed by atoms with Gasteiger partial charge in [0.05, 0.1) is 0 Å². The molecule has 1 rings (SSSR count). The van der Waals surface area contributed by atoms with Crippen LogP contribution >= 0.6 is 0 Å². The summed E-state index contributed by atoms with van der Waals surface area (Å²) in [5.74, 6) is 0. The SMILES string of the molecule is C=C(CC)Nc1cccc(N)c1. The fourth-order valence-corrected chi connectivity index (χ4v) is 0.909. The van der Waals surface area contributed by atoms with E-state index in [1.165, 1.54) is 0 Å². The molecule has 2 nitrogen and oxygen atoms in total. The van der Waals surface area contributed by atoms with Crippen molar-refractivity contribution in [2.24, 2.45) is 0 Å². The standard InChI is InChI=1S/C10H14N2/c1-3-8(2)12-10-6-4-5-9(11)7-10/h4-7,12H,2-3,11H2,1H3. The number of hydrogen-bond acceptors (Lipinski definition) is 2. The first-order chi connectivity index (χ1) is 5.72. The second kappa shape index (κ2) is 3.81. The molecule has 0 bridgehead atoms. The largest absolute Gasteiger partial charge is 0.399 e. The molecular weight excluding hydrogens is 148 g/mol. The Hall–Kier alpha value is -1.44. The highest BCUT2D eigenvalue weighted by molar-refractivity contribution is 5.56. The molecular formula is C10H14N2. The van der Waals surface area contributed by atoms with Crippen molar-refractivity contribution >= 4 is 11.4 Å². The van der Waals surface area contributed by atoms with E-state index >= 15 is 0 Å². The molecule has 0 aromatic heterocycles. The Morgan fingerprint density at radius 2 is 2.33 bits per heavy atom. The minimum absolute atomic E-state index is 0.768. The molecule has 0 saturated carbocycles. The van der Waals surface area contributed by atoms with Crippen LogP contribution in [0.4, 0.5) is 11.4 Å². The quantitative estimate of drug-likeness (QED) is 0.670. The zero-order valence-electron chi connectivity index (χ0n) is 7.30. The summed E-state index contributed by atoms with van der Waals surface area (Å²) >= 11 is 0. The van der Waals surface area contributed by atoms with E-state index in [0.29, 0.717) is 0 Å². The van der Waals surface area contributed by atoms with Gasteiger partial charge in [0.15, 0.2) is 0 Å². The van der Waals surface area contributed by atoms with Gasteiger partial charge in [0.25, 0.3) is 0 Å². The Balaban J connectivity index is 2.69. The summed E-state index contributed by atoms with van der Waals surface area (Å²) in [4.78, 5) is 0. The number of anilines is 2. The van der Waals surface area contributed by atoms with Crippen LogP contribution in [0.1, 0.15) is 13.3 Å². The van der Waals surface area contributed by atoms with Crippen molar-refractivity contribution in [1.29, 1.82) is 0 Å². The zero-order chi connectivity index (χ0) is 8.97. The van der Waals surface area contributed by atoms with Gasteiger partial charge < -0.3 is 11.1 Å². The lowest BCUT2D eigenvalue weighted by molar-refractivity contribution is 1.11. The first kappa shape index (κ1) is 8.65. The van der Waals surface area contributed by atoms with Crippen LogP contribution in [-0.2, 0) is 0 Å². The molecule has 3 N–H and O–H groups in total. The Bertz CT molecular complexity index is 279. The maximum Gasteiger partial charge on any atom is 0.0402 e. The number of rotatable bonds is 3. The van der Waals surface area contributed by atoms with Gasteiger partial charge in [-0.05, 0) is 24.6 Å². The molecule has 0 amide bonds. The van der Waals surface area contributed by atoms with Gasteiger partial charge in [-0.25, -0.2) is 0 Å². The molecule has 0 fully saturated rings. The van der Waals surface area contributed by atoms with Gasteiger partial charge in [0.2, 0.25) is 0 Å². The molecule has 0 aliphatic carbocycles. The van der Waals surface area contributed by atoms with Crippen molar-refractivity contribution in [3.63, 3.8) is 0 Å². The topological polar surface area (TPSA) is 38.0 Å². The lowest BCUT2D eigenvalue weighted by atomic mass is 10.2. The number of benzene rings is 1. The highest BCUT2D eigenvalue weighted by Gasteiger charge is 1.92. The molecule has 0 aliphatic rings.